The van der Waals surface area contributed by atoms with Gasteiger partial charge >= 0.3 is 0 Å². The molecule has 2 atom stereocenters. The van der Waals surface area contributed by atoms with Crippen LogP contribution >= 0.6 is 0 Å². The highest BCUT2D eigenvalue weighted by Crippen LogP contribution is 2.40. The normalized spacial score (nSPS) is 12.7. The van der Waals surface area contributed by atoms with Gasteiger partial charge in [-0.3, -0.25) is 4.90 Å². The molecule has 0 fully saturated rings. The van der Waals surface area contributed by atoms with E-state index in [1.165, 1.54) is 0 Å². The number of ether oxygens (including phenoxy) is 6. The van der Waals surface area contributed by atoms with Gasteiger partial charge in [0, 0.05) is 20.8 Å². The van der Waals surface area contributed by atoms with E-state index in [-0.39, 0.29) is 0 Å². The predicted octanol–water partition coefficient (Wildman–Crippen LogP) is 6.19. The van der Waals surface area contributed by atoms with E-state index in [0.29, 0.717) is 48.3 Å². The first-order chi connectivity index (χ1) is 21.0. The third kappa shape index (κ3) is 8.49. The Morgan fingerprint density at radius 3 is 1.53 bits per heavy atom. The van der Waals surface area contributed by atoms with Crippen molar-refractivity contribution in [3.8, 4) is 23.0 Å². The molecule has 8 heteroatoms. The monoisotopic (exact) mass is 587 g/mol. The summed E-state index contributed by atoms with van der Waals surface area (Å²) in [6.07, 6.45) is -1.45. The first-order valence-corrected chi connectivity index (χ1v) is 14.1. The first kappa shape index (κ1) is 31.8. The first-order valence-electron chi connectivity index (χ1n) is 14.1. The van der Waals surface area contributed by atoms with Crippen molar-refractivity contribution in [2.24, 2.45) is 0 Å². The van der Waals surface area contributed by atoms with Crippen LogP contribution in [0.15, 0.2) is 97.1 Å². The van der Waals surface area contributed by atoms with Gasteiger partial charge in [-0.25, -0.2) is 0 Å². The number of hydrogen-bond donors (Lipinski definition) is 1. The Labute approximate surface area is 254 Å². The fraction of sp³-hybridized carbons (Fsp3) is 0.314. The zero-order valence-electron chi connectivity index (χ0n) is 25.4. The number of rotatable bonds is 16. The van der Waals surface area contributed by atoms with Crippen molar-refractivity contribution in [1.29, 1.82) is 0 Å². The molecule has 0 saturated heterocycles. The Kier molecular flexibility index (Phi) is 11.8. The maximum Gasteiger partial charge on any atom is 0.169 e. The second kappa shape index (κ2) is 16.0. The minimum absolute atomic E-state index is 0.365. The van der Waals surface area contributed by atoms with Gasteiger partial charge in [-0.1, -0.05) is 72.8 Å². The fourth-order valence-corrected chi connectivity index (χ4v) is 4.90. The van der Waals surface area contributed by atoms with Crippen molar-refractivity contribution in [2.45, 2.75) is 31.6 Å². The van der Waals surface area contributed by atoms with Crippen LogP contribution in [-0.2, 0) is 22.7 Å². The van der Waals surface area contributed by atoms with Gasteiger partial charge in [0.15, 0.2) is 29.3 Å². The van der Waals surface area contributed by atoms with E-state index in [0.717, 1.165) is 16.7 Å². The molecule has 4 rings (SSSR count). The summed E-state index contributed by atoms with van der Waals surface area (Å²) in [5, 5.41) is 12.0. The maximum absolute atomic E-state index is 12.0. The van der Waals surface area contributed by atoms with E-state index in [9.17, 15) is 5.11 Å². The maximum atomic E-state index is 12.0. The average molecular weight is 588 g/mol. The molecule has 43 heavy (non-hydrogen) atoms. The van der Waals surface area contributed by atoms with Crippen molar-refractivity contribution in [3.05, 3.63) is 119 Å². The zero-order valence-corrected chi connectivity index (χ0v) is 25.4. The molecular weight excluding hydrogens is 546 g/mol. The van der Waals surface area contributed by atoms with Crippen LogP contribution in [0.3, 0.4) is 0 Å². The molecule has 4 aromatic rings. The molecule has 0 amide bonds. The molecule has 0 heterocycles. The van der Waals surface area contributed by atoms with E-state index in [1.807, 2.05) is 109 Å². The summed E-state index contributed by atoms with van der Waals surface area (Å²) in [6.45, 7) is 1.14. The third-order valence-electron chi connectivity index (χ3n) is 7.27. The summed E-state index contributed by atoms with van der Waals surface area (Å²) in [6, 6.07) is 30.5. The second-order valence-corrected chi connectivity index (χ2v) is 10.1. The van der Waals surface area contributed by atoms with E-state index in [2.05, 4.69) is 0 Å². The van der Waals surface area contributed by atoms with Crippen LogP contribution in [0, 0.1) is 0 Å². The standard InChI is InChI=1S/C35H41NO7/c1-36(22-33(40-4)41-5)34(27-16-18-29(38-2)31(20-27)42-23-25-12-8-6-9-13-25)35(37)28-17-19-30(39-3)32(21-28)43-24-26-14-10-7-11-15-26/h6-21,33-35,37H,22-24H2,1-5H3/t34-,35+/m1/s1. The number of nitrogens with zero attached hydrogens (tertiary/aromatic N) is 1. The summed E-state index contributed by atoms with van der Waals surface area (Å²) in [5.41, 5.74) is 3.55. The molecule has 0 spiro atoms. The molecule has 0 unspecified atom stereocenters. The van der Waals surface area contributed by atoms with E-state index >= 15 is 0 Å². The quantitative estimate of drug-likeness (QED) is 0.156. The topological polar surface area (TPSA) is 78.9 Å². The number of hydrogen-bond acceptors (Lipinski definition) is 8. The Morgan fingerprint density at radius 1 is 0.605 bits per heavy atom. The van der Waals surface area contributed by atoms with Crippen LogP contribution < -0.4 is 18.9 Å². The van der Waals surface area contributed by atoms with E-state index < -0.39 is 18.4 Å². The third-order valence-corrected chi connectivity index (χ3v) is 7.27. The van der Waals surface area contributed by atoms with Crippen LogP contribution in [0.1, 0.15) is 34.4 Å². The Morgan fingerprint density at radius 2 is 1.07 bits per heavy atom. The zero-order chi connectivity index (χ0) is 30.6. The Hall–Kier alpha value is -4.08. The minimum atomic E-state index is -0.959. The van der Waals surface area contributed by atoms with Crippen LogP contribution in [0.4, 0.5) is 0 Å². The SMILES string of the molecule is COc1ccc([C@H]([C@@H](O)c2ccc(OC)c(OCc3ccccc3)c2)N(C)CC(OC)OC)cc1OCc1ccccc1. The van der Waals surface area contributed by atoms with Crippen molar-refractivity contribution >= 4 is 0 Å². The summed E-state index contributed by atoms with van der Waals surface area (Å²) in [4.78, 5) is 2.00. The van der Waals surface area contributed by atoms with Gasteiger partial charge in [0.1, 0.15) is 13.2 Å². The van der Waals surface area contributed by atoms with Gasteiger partial charge in [-0.05, 0) is 53.6 Å². The number of likely N-dealkylation sites (N-methyl/N-ethyl adjacent to an activating group) is 1. The molecule has 1 N–H and O–H groups in total. The lowest BCUT2D eigenvalue weighted by molar-refractivity contribution is -0.122. The van der Waals surface area contributed by atoms with Crippen LogP contribution in [0.2, 0.25) is 0 Å². The second-order valence-electron chi connectivity index (χ2n) is 10.1. The molecule has 0 aliphatic heterocycles. The molecule has 8 nitrogen and oxygen atoms in total. The van der Waals surface area contributed by atoms with Crippen molar-refractivity contribution < 1.29 is 33.5 Å². The summed E-state index contributed by atoms with van der Waals surface area (Å²) < 4.78 is 34.5. The van der Waals surface area contributed by atoms with Gasteiger partial charge in [-0.2, -0.15) is 0 Å². The van der Waals surface area contributed by atoms with Crippen molar-refractivity contribution in [1.82, 2.24) is 4.90 Å². The van der Waals surface area contributed by atoms with Crippen molar-refractivity contribution in [3.63, 3.8) is 0 Å². The summed E-state index contributed by atoms with van der Waals surface area (Å²) in [5.74, 6) is 2.30. The smallest absolute Gasteiger partial charge is 0.169 e. The molecule has 228 valence electrons. The van der Waals surface area contributed by atoms with Gasteiger partial charge in [-0.15, -0.1) is 0 Å². The highest BCUT2D eigenvalue weighted by Gasteiger charge is 2.30. The average Bonchev–Trinajstić information content (AvgIpc) is 3.06. The van der Waals surface area contributed by atoms with Crippen molar-refractivity contribution in [2.75, 3.05) is 42.0 Å². The highest BCUT2D eigenvalue weighted by molar-refractivity contribution is 5.47. The molecule has 0 aliphatic rings. The van der Waals surface area contributed by atoms with Crippen LogP contribution in [0.25, 0.3) is 0 Å². The Balaban J connectivity index is 1.67. The van der Waals surface area contributed by atoms with Gasteiger partial charge in [0.05, 0.1) is 26.4 Å². The lowest BCUT2D eigenvalue weighted by Crippen LogP contribution is -2.37. The Bertz CT molecular complexity index is 1400. The van der Waals surface area contributed by atoms with E-state index in [1.54, 1.807) is 28.4 Å². The largest absolute Gasteiger partial charge is 0.493 e. The molecule has 0 radical (unpaired) electrons. The summed E-state index contributed by atoms with van der Waals surface area (Å²) >= 11 is 0. The van der Waals surface area contributed by atoms with Gasteiger partial charge < -0.3 is 33.5 Å². The number of aliphatic hydroxyl groups is 1. The fourth-order valence-electron chi connectivity index (χ4n) is 4.90. The molecular formula is C35H41NO7. The predicted molar refractivity (Wildman–Crippen MR) is 166 cm³/mol. The number of aliphatic hydroxyl groups excluding tert-OH is 1. The number of benzene rings is 4. The summed E-state index contributed by atoms with van der Waals surface area (Å²) in [7, 11) is 8.32. The lowest BCUT2D eigenvalue weighted by atomic mass is 9.93. The molecule has 4 aromatic carbocycles. The van der Waals surface area contributed by atoms with E-state index in [4.69, 9.17) is 28.4 Å². The van der Waals surface area contributed by atoms with Crippen LogP contribution in [0.5, 0.6) is 23.0 Å². The lowest BCUT2D eigenvalue weighted by Gasteiger charge is -2.34. The molecule has 0 saturated carbocycles. The minimum Gasteiger partial charge on any atom is -0.493 e. The highest BCUT2D eigenvalue weighted by atomic mass is 16.7. The molecule has 0 aliphatic carbocycles. The van der Waals surface area contributed by atoms with Gasteiger partial charge in [0.2, 0.25) is 0 Å². The molecule has 0 aromatic heterocycles. The molecule has 0 bridgehead atoms. The van der Waals surface area contributed by atoms with Crippen LogP contribution in [-0.4, -0.2) is 58.3 Å². The van der Waals surface area contributed by atoms with Gasteiger partial charge in [0.25, 0.3) is 0 Å². The number of methoxy groups -OCH3 is 4.